The van der Waals surface area contributed by atoms with Crippen molar-refractivity contribution >= 4 is 52.4 Å². The largest absolute Gasteiger partial charge is 0.372 e. The van der Waals surface area contributed by atoms with E-state index in [0.29, 0.717) is 29.5 Å². The zero-order chi connectivity index (χ0) is 37.7. The van der Waals surface area contributed by atoms with Crippen molar-refractivity contribution in [3.8, 4) is 0 Å². The second kappa shape index (κ2) is 19.6. The Bertz CT molecular complexity index is 1720. The molecule has 1 aromatic heterocycles. The molecule has 2 aliphatic rings. The summed E-state index contributed by atoms with van der Waals surface area (Å²) < 4.78 is 6.21. The molecule has 0 unspecified atom stereocenters. The third kappa shape index (κ3) is 11.8. The maximum atomic E-state index is 14.1. The molecule has 0 spiro atoms. The molecule has 13 nitrogen and oxygen atoms in total. The number of carbonyl (C=O) groups excluding carboxylic acids is 4. The Balaban J connectivity index is 1.29. The first-order valence-corrected chi connectivity index (χ1v) is 19.3. The summed E-state index contributed by atoms with van der Waals surface area (Å²) in [7, 11) is 0. The van der Waals surface area contributed by atoms with E-state index in [1.807, 2.05) is 49.4 Å². The summed E-state index contributed by atoms with van der Waals surface area (Å²) in [4.78, 5) is 62.0. The molecule has 284 valence electrons. The average Bonchev–Trinajstić information content (AvgIpc) is 3.76. The van der Waals surface area contributed by atoms with Crippen LogP contribution in [0.4, 0.5) is 0 Å². The number of hydrogen-bond donors (Lipinski definition) is 6. The number of aryl methyl sites for hydroxylation is 1. The molecule has 3 atom stereocenters. The monoisotopic (exact) mass is 764 g/mol. The Morgan fingerprint density at radius 2 is 1.79 bits per heavy atom. The van der Waals surface area contributed by atoms with Crippen molar-refractivity contribution in [3.05, 3.63) is 86.3 Å². The van der Waals surface area contributed by atoms with Crippen LogP contribution >= 0.6 is 22.9 Å². The highest BCUT2D eigenvalue weighted by Gasteiger charge is 2.42. The molecule has 0 radical (unpaired) electrons. The number of ether oxygens (including phenoxy) is 1. The van der Waals surface area contributed by atoms with E-state index in [0.717, 1.165) is 46.9 Å². The molecule has 0 aliphatic carbocycles. The number of benzene rings is 2. The van der Waals surface area contributed by atoms with Crippen LogP contribution in [-0.2, 0) is 43.4 Å². The van der Waals surface area contributed by atoms with E-state index < -0.39 is 35.8 Å². The van der Waals surface area contributed by atoms with Crippen LogP contribution in [0.2, 0.25) is 5.02 Å². The number of ketones is 1. The Kier molecular flexibility index (Phi) is 14.8. The number of carbonyl (C=O) groups is 4. The van der Waals surface area contributed by atoms with Gasteiger partial charge in [0.2, 0.25) is 17.6 Å². The lowest BCUT2D eigenvalue weighted by atomic mass is 9.99. The smallest absolute Gasteiger partial charge is 0.289 e. The molecule has 3 amide bonds. The highest BCUT2D eigenvalue weighted by atomic mass is 35.5. The van der Waals surface area contributed by atoms with E-state index in [4.69, 9.17) is 32.5 Å². The summed E-state index contributed by atoms with van der Waals surface area (Å²) in [5, 5.41) is 20.6. The number of nitrogens with zero attached hydrogens (tertiary/aromatic N) is 2. The fourth-order valence-corrected chi connectivity index (χ4v) is 7.85. The van der Waals surface area contributed by atoms with Crippen LogP contribution in [0.1, 0.15) is 64.7 Å². The normalized spacial score (nSPS) is 18.0. The van der Waals surface area contributed by atoms with Crippen LogP contribution in [0.3, 0.4) is 0 Å². The maximum Gasteiger partial charge on any atom is 0.289 e. The van der Waals surface area contributed by atoms with Crippen molar-refractivity contribution in [1.82, 2.24) is 31.2 Å². The molecule has 2 fully saturated rings. The summed E-state index contributed by atoms with van der Waals surface area (Å²) in [6.45, 7) is 4.79. The van der Waals surface area contributed by atoms with Gasteiger partial charge in [-0.1, -0.05) is 54.1 Å². The van der Waals surface area contributed by atoms with Crippen molar-refractivity contribution in [3.63, 3.8) is 0 Å². The maximum absolute atomic E-state index is 14.1. The van der Waals surface area contributed by atoms with Gasteiger partial charge in [-0.25, -0.2) is 4.98 Å². The number of piperidine rings is 1. The van der Waals surface area contributed by atoms with Gasteiger partial charge < -0.3 is 36.6 Å². The van der Waals surface area contributed by atoms with Crippen LogP contribution in [0.15, 0.2) is 54.6 Å². The van der Waals surface area contributed by atoms with E-state index in [-0.39, 0.29) is 57.4 Å². The fraction of sp³-hybridized carbons (Fsp3) is 0.474. The number of nitrogens with one attached hydrogen (secondary N) is 5. The predicted molar refractivity (Wildman–Crippen MR) is 205 cm³/mol. The zero-order valence-electron chi connectivity index (χ0n) is 30.0. The lowest BCUT2D eigenvalue weighted by Gasteiger charge is -2.26. The molecule has 0 saturated carbocycles. The van der Waals surface area contributed by atoms with E-state index in [1.165, 1.54) is 4.90 Å². The number of likely N-dealkylation sites (tertiary alicyclic amines) is 1. The minimum Gasteiger partial charge on any atom is -0.372 e. The van der Waals surface area contributed by atoms with Crippen molar-refractivity contribution in [2.75, 3.05) is 32.7 Å². The number of rotatable bonds is 17. The second-order valence-electron chi connectivity index (χ2n) is 13.5. The highest BCUT2D eigenvalue weighted by molar-refractivity contribution is 7.11. The average molecular weight is 765 g/mol. The third-order valence-electron chi connectivity index (χ3n) is 9.58. The van der Waals surface area contributed by atoms with Gasteiger partial charge in [0.1, 0.15) is 6.04 Å². The number of hydrogen-bond acceptors (Lipinski definition) is 9. The van der Waals surface area contributed by atoms with Crippen LogP contribution in [0.25, 0.3) is 0 Å². The van der Waals surface area contributed by atoms with Crippen LogP contribution in [0, 0.1) is 12.3 Å². The molecule has 5 rings (SSSR count). The van der Waals surface area contributed by atoms with E-state index in [1.54, 1.807) is 23.5 Å². The third-order valence-corrected chi connectivity index (χ3v) is 11.0. The lowest BCUT2D eigenvalue weighted by Crippen LogP contribution is -2.53. The zero-order valence-corrected chi connectivity index (χ0v) is 31.6. The number of thiazole rings is 1. The number of guanidine groups is 1. The summed E-state index contributed by atoms with van der Waals surface area (Å²) in [5.74, 6) is -2.27. The molecular weight excluding hydrogens is 716 g/mol. The fourth-order valence-electron chi connectivity index (χ4n) is 6.62. The Morgan fingerprint density at radius 3 is 2.51 bits per heavy atom. The van der Waals surface area contributed by atoms with Crippen molar-refractivity contribution < 1.29 is 23.9 Å². The Hall–Kier alpha value is -4.37. The number of nitrogens with two attached hydrogens (primary N) is 1. The van der Waals surface area contributed by atoms with Gasteiger partial charge in [0, 0.05) is 41.9 Å². The number of halogens is 1. The first-order chi connectivity index (χ1) is 25.6. The molecule has 7 N–H and O–H groups in total. The topological polar surface area (TPSA) is 192 Å². The quantitative estimate of drug-likeness (QED) is 0.0519. The van der Waals surface area contributed by atoms with E-state index >= 15 is 0 Å². The lowest BCUT2D eigenvalue weighted by molar-refractivity contribution is -0.142. The van der Waals surface area contributed by atoms with Crippen LogP contribution < -0.4 is 27.0 Å². The van der Waals surface area contributed by atoms with Crippen molar-refractivity contribution in [2.45, 2.75) is 82.6 Å². The SMILES string of the molecule is Cc1sc(C2CCNCC2)nc1CC(=O)N1C[C@H](OCc2ccc(Cl)cc2)C[C@H]1C(=O)N[C@@H](CCCNC(=N)N)C(=O)C(=O)NCCc1ccccc1. The predicted octanol–water partition coefficient (Wildman–Crippen LogP) is 2.98. The first kappa shape index (κ1) is 39.8. The number of amides is 3. The minimum absolute atomic E-state index is 0.0316. The number of Topliss-reactive ketones (excluding diaryl/α,β-unsaturated/α-hetero) is 1. The first-order valence-electron chi connectivity index (χ1n) is 18.1. The molecular formula is C38H49ClN8O5S. The van der Waals surface area contributed by atoms with Crippen LogP contribution in [0.5, 0.6) is 0 Å². The van der Waals surface area contributed by atoms with Gasteiger partial charge in [-0.3, -0.25) is 24.6 Å². The molecule has 3 heterocycles. The van der Waals surface area contributed by atoms with Gasteiger partial charge in [-0.05, 0) is 75.4 Å². The molecule has 2 aliphatic heterocycles. The Labute approximate surface area is 319 Å². The van der Waals surface area contributed by atoms with Gasteiger partial charge in [-0.15, -0.1) is 11.3 Å². The molecule has 2 saturated heterocycles. The van der Waals surface area contributed by atoms with Crippen LogP contribution in [-0.4, -0.2) is 90.3 Å². The van der Waals surface area contributed by atoms with Crippen molar-refractivity contribution in [1.29, 1.82) is 5.41 Å². The Morgan fingerprint density at radius 1 is 1.06 bits per heavy atom. The van der Waals surface area contributed by atoms with Gasteiger partial charge >= 0.3 is 0 Å². The molecule has 3 aromatic rings. The highest BCUT2D eigenvalue weighted by Crippen LogP contribution is 2.31. The minimum atomic E-state index is -1.16. The summed E-state index contributed by atoms with van der Waals surface area (Å²) >= 11 is 7.68. The van der Waals surface area contributed by atoms with Gasteiger partial charge in [0.05, 0.1) is 35.9 Å². The second-order valence-corrected chi connectivity index (χ2v) is 15.2. The van der Waals surface area contributed by atoms with E-state index in [2.05, 4.69) is 21.3 Å². The molecule has 2 aromatic carbocycles. The molecule has 53 heavy (non-hydrogen) atoms. The van der Waals surface area contributed by atoms with E-state index in [9.17, 15) is 19.2 Å². The summed E-state index contributed by atoms with van der Waals surface area (Å²) in [6, 6.07) is 14.7. The molecule has 15 heteroatoms. The van der Waals surface area contributed by atoms with Gasteiger partial charge in [-0.2, -0.15) is 0 Å². The van der Waals surface area contributed by atoms with Crippen molar-refractivity contribution in [2.24, 2.45) is 5.73 Å². The van der Waals surface area contributed by atoms with Gasteiger partial charge in [0.25, 0.3) is 5.91 Å². The standard InChI is InChI=1S/C38H49ClN8O5S/c1-24-31(46-37(53-24)27-14-17-42-18-15-27)21-33(48)47-22-29(52-23-26-9-11-28(39)12-10-26)20-32(47)35(50)45-30(8-5-16-44-38(40)41)34(49)36(51)43-19-13-25-6-3-2-4-7-25/h2-4,6-7,9-12,27,29-30,32,42H,5,8,13-23H2,1H3,(H,43,51)(H,45,50)(H4,40,41,44)/t29-,30+,32+/m1/s1. The molecule has 0 bridgehead atoms. The number of aromatic nitrogens is 1. The summed E-state index contributed by atoms with van der Waals surface area (Å²) in [5.41, 5.74) is 8.03. The van der Waals surface area contributed by atoms with Gasteiger partial charge in [0.15, 0.2) is 5.96 Å². The summed E-state index contributed by atoms with van der Waals surface area (Å²) in [6.07, 6.45) is 2.77.